The summed E-state index contributed by atoms with van der Waals surface area (Å²) in [5.41, 5.74) is 0.868. The first-order valence-electron chi connectivity index (χ1n) is 9.55. The van der Waals surface area contributed by atoms with E-state index in [-0.39, 0.29) is 23.8 Å². The molecule has 7 heteroatoms. The van der Waals surface area contributed by atoms with Crippen molar-refractivity contribution in [2.45, 2.75) is 65.3 Å². The molecule has 0 spiro atoms. The Balaban J connectivity index is 2.01. The van der Waals surface area contributed by atoms with Crippen molar-refractivity contribution in [3.63, 3.8) is 0 Å². The molecule has 154 valence electrons. The second kappa shape index (κ2) is 8.99. The lowest BCUT2D eigenvalue weighted by atomic mass is 9.96. The van der Waals surface area contributed by atoms with E-state index >= 15 is 0 Å². The van der Waals surface area contributed by atoms with Gasteiger partial charge in [-0.3, -0.25) is 9.59 Å². The molecule has 0 aliphatic heterocycles. The number of hydrogen-bond acceptors (Lipinski definition) is 5. The zero-order valence-corrected chi connectivity index (χ0v) is 18.5. The van der Waals surface area contributed by atoms with Crippen LogP contribution in [0.5, 0.6) is 0 Å². The highest BCUT2D eigenvalue weighted by Gasteiger charge is 2.21. The third-order valence-electron chi connectivity index (χ3n) is 3.85. The number of imidazole rings is 1. The fraction of sp³-hybridized carbons (Fsp3) is 0.571. The van der Waals surface area contributed by atoms with Crippen molar-refractivity contribution in [3.05, 3.63) is 24.3 Å². The Morgan fingerprint density at radius 1 is 1.14 bits per heavy atom. The maximum Gasteiger partial charge on any atom is 0.326 e. The standard InChI is InChI=1S/C21H31N3O3S/c1-20(2,3)18(26)22-12-9-13-28-19-23-15-10-7-8-11-16(15)24(19)14-17(25)27-21(4,5)6/h7-8,10-11H,9,12-14H2,1-6H3,(H,22,26). The Labute approximate surface area is 171 Å². The molecular formula is C21H31N3O3S. The summed E-state index contributed by atoms with van der Waals surface area (Å²) in [6.45, 7) is 12.0. The second-order valence-electron chi connectivity index (χ2n) is 8.76. The number of nitrogens with zero attached hydrogens (tertiary/aromatic N) is 2. The quantitative estimate of drug-likeness (QED) is 0.428. The molecule has 0 aliphatic carbocycles. The van der Waals surface area contributed by atoms with Crippen LogP contribution >= 0.6 is 11.8 Å². The molecule has 1 heterocycles. The van der Waals surface area contributed by atoms with E-state index < -0.39 is 5.60 Å². The van der Waals surface area contributed by atoms with Crippen LogP contribution in [-0.2, 0) is 20.9 Å². The number of esters is 1. The van der Waals surface area contributed by atoms with Gasteiger partial charge in [0.05, 0.1) is 11.0 Å². The summed E-state index contributed by atoms with van der Waals surface area (Å²) in [5, 5.41) is 3.74. The number of ether oxygens (including phenoxy) is 1. The Morgan fingerprint density at radius 2 is 1.82 bits per heavy atom. The van der Waals surface area contributed by atoms with E-state index in [9.17, 15) is 9.59 Å². The first-order valence-corrected chi connectivity index (χ1v) is 10.5. The van der Waals surface area contributed by atoms with Crippen molar-refractivity contribution in [1.29, 1.82) is 0 Å². The monoisotopic (exact) mass is 405 g/mol. The van der Waals surface area contributed by atoms with Gasteiger partial charge in [0.1, 0.15) is 12.1 Å². The highest BCUT2D eigenvalue weighted by Crippen LogP contribution is 2.25. The van der Waals surface area contributed by atoms with E-state index in [0.29, 0.717) is 6.54 Å². The van der Waals surface area contributed by atoms with Gasteiger partial charge in [-0.05, 0) is 39.3 Å². The van der Waals surface area contributed by atoms with Gasteiger partial charge in [-0.1, -0.05) is 44.7 Å². The number of carbonyl (C=O) groups excluding carboxylic acids is 2. The molecule has 0 saturated carbocycles. The van der Waals surface area contributed by atoms with Gasteiger partial charge in [-0.2, -0.15) is 0 Å². The smallest absolute Gasteiger partial charge is 0.326 e. The van der Waals surface area contributed by atoms with Crippen LogP contribution in [0.1, 0.15) is 48.0 Å². The zero-order chi connectivity index (χ0) is 20.9. The fourth-order valence-corrected chi connectivity index (χ4v) is 3.47. The molecule has 0 radical (unpaired) electrons. The van der Waals surface area contributed by atoms with Crippen molar-refractivity contribution < 1.29 is 14.3 Å². The molecule has 0 unspecified atom stereocenters. The van der Waals surface area contributed by atoms with E-state index in [0.717, 1.165) is 28.4 Å². The van der Waals surface area contributed by atoms with Gasteiger partial charge in [0.2, 0.25) is 5.91 Å². The van der Waals surface area contributed by atoms with E-state index in [1.807, 2.05) is 70.4 Å². The summed E-state index contributed by atoms with van der Waals surface area (Å²) in [4.78, 5) is 28.9. The van der Waals surface area contributed by atoms with Crippen LogP contribution in [0.3, 0.4) is 0 Å². The Morgan fingerprint density at radius 3 is 2.46 bits per heavy atom. The van der Waals surface area contributed by atoms with E-state index in [2.05, 4.69) is 10.3 Å². The molecule has 1 aromatic heterocycles. The maximum atomic E-state index is 12.3. The molecule has 0 aliphatic rings. The molecule has 28 heavy (non-hydrogen) atoms. The van der Waals surface area contributed by atoms with Gasteiger partial charge in [0.25, 0.3) is 0 Å². The minimum atomic E-state index is -0.522. The number of benzene rings is 1. The number of rotatable bonds is 7. The SMILES string of the molecule is CC(C)(C)OC(=O)Cn1c(SCCCNC(=O)C(C)(C)C)nc2ccccc21. The molecule has 2 aromatic rings. The van der Waals surface area contributed by atoms with Crippen LogP contribution < -0.4 is 5.32 Å². The van der Waals surface area contributed by atoms with Crippen LogP contribution in [0.15, 0.2) is 29.4 Å². The normalized spacial score (nSPS) is 12.2. The summed E-state index contributed by atoms with van der Waals surface area (Å²) in [6.07, 6.45) is 0.822. The van der Waals surface area contributed by atoms with Gasteiger partial charge in [0, 0.05) is 17.7 Å². The van der Waals surface area contributed by atoms with Crippen molar-refractivity contribution in [1.82, 2.24) is 14.9 Å². The average molecular weight is 406 g/mol. The summed E-state index contributed by atoms with van der Waals surface area (Å²) in [6, 6.07) is 7.77. The van der Waals surface area contributed by atoms with Crippen molar-refractivity contribution in [2.24, 2.45) is 5.41 Å². The van der Waals surface area contributed by atoms with E-state index in [4.69, 9.17) is 4.74 Å². The Kier molecular flexibility index (Phi) is 7.15. The number of thioether (sulfide) groups is 1. The second-order valence-corrected chi connectivity index (χ2v) is 9.83. The molecule has 1 amide bonds. The third kappa shape index (κ3) is 6.55. The molecule has 0 fully saturated rings. The topological polar surface area (TPSA) is 73.2 Å². The third-order valence-corrected chi connectivity index (χ3v) is 4.91. The number of para-hydroxylation sites is 2. The molecule has 6 nitrogen and oxygen atoms in total. The summed E-state index contributed by atoms with van der Waals surface area (Å²) in [7, 11) is 0. The number of amides is 1. The van der Waals surface area contributed by atoms with Crippen molar-refractivity contribution in [3.8, 4) is 0 Å². The van der Waals surface area contributed by atoms with Gasteiger partial charge < -0.3 is 14.6 Å². The van der Waals surface area contributed by atoms with Crippen molar-refractivity contribution in [2.75, 3.05) is 12.3 Å². The van der Waals surface area contributed by atoms with Crippen molar-refractivity contribution >= 4 is 34.7 Å². The lowest BCUT2D eigenvalue weighted by Gasteiger charge is -2.20. The Bertz CT molecular complexity index is 832. The van der Waals surface area contributed by atoms with Crippen LogP contribution in [0.25, 0.3) is 11.0 Å². The van der Waals surface area contributed by atoms with Crippen LogP contribution in [0, 0.1) is 5.41 Å². The van der Waals surface area contributed by atoms with E-state index in [1.165, 1.54) is 0 Å². The lowest BCUT2D eigenvalue weighted by Crippen LogP contribution is -2.35. The highest BCUT2D eigenvalue weighted by molar-refractivity contribution is 7.99. The zero-order valence-electron chi connectivity index (χ0n) is 17.7. The summed E-state index contributed by atoms with van der Waals surface area (Å²) < 4.78 is 7.38. The van der Waals surface area contributed by atoms with Gasteiger partial charge in [0.15, 0.2) is 5.16 Å². The minimum absolute atomic E-state index is 0.0506. The average Bonchev–Trinajstić information content (AvgIpc) is 2.89. The predicted octanol–water partition coefficient (Wildman–Crippen LogP) is 4.02. The fourth-order valence-electron chi connectivity index (χ4n) is 2.52. The number of carbonyl (C=O) groups is 2. The molecule has 1 N–H and O–H groups in total. The number of nitrogens with one attached hydrogen (secondary N) is 1. The summed E-state index contributed by atoms with van der Waals surface area (Å²) >= 11 is 1.58. The summed E-state index contributed by atoms with van der Waals surface area (Å²) in [5.74, 6) is 0.562. The highest BCUT2D eigenvalue weighted by atomic mass is 32.2. The van der Waals surface area contributed by atoms with E-state index in [1.54, 1.807) is 11.8 Å². The molecule has 0 bridgehead atoms. The largest absolute Gasteiger partial charge is 0.459 e. The molecule has 0 saturated heterocycles. The molecule has 1 aromatic carbocycles. The molecular weight excluding hydrogens is 374 g/mol. The Hall–Kier alpha value is -2.02. The van der Waals surface area contributed by atoms with Gasteiger partial charge in [-0.15, -0.1) is 0 Å². The predicted molar refractivity (Wildman–Crippen MR) is 113 cm³/mol. The van der Waals surface area contributed by atoms with Gasteiger partial charge >= 0.3 is 5.97 Å². The number of hydrogen-bond donors (Lipinski definition) is 1. The van der Waals surface area contributed by atoms with Crippen LogP contribution in [0.4, 0.5) is 0 Å². The first-order chi connectivity index (χ1) is 13.0. The van der Waals surface area contributed by atoms with Crippen LogP contribution in [-0.4, -0.2) is 39.3 Å². The number of fused-ring (bicyclic) bond motifs is 1. The minimum Gasteiger partial charge on any atom is -0.459 e. The van der Waals surface area contributed by atoms with Crippen LogP contribution in [0.2, 0.25) is 0 Å². The first kappa shape index (κ1) is 22.3. The molecule has 0 atom stereocenters. The van der Waals surface area contributed by atoms with Gasteiger partial charge in [-0.25, -0.2) is 4.98 Å². The lowest BCUT2D eigenvalue weighted by molar-refractivity contribution is -0.155. The maximum absolute atomic E-state index is 12.3. The molecule has 2 rings (SSSR count). The number of aromatic nitrogens is 2.